The Hall–Kier alpha value is -1.02. The van der Waals surface area contributed by atoms with Gasteiger partial charge in [0.15, 0.2) is 0 Å². The zero-order chi connectivity index (χ0) is 36.5. The molecule has 0 spiro atoms. The molecule has 2 N–H and O–H groups in total. The summed E-state index contributed by atoms with van der Waals surface area (Å²) in [5, 5.41) is 13.7. The molecule has 3 atom stereocenters. The topological polar surface area (TPSA) is 108 Å². The van der Waals surface area contributed by atoms with Crippen LogP contribution >= 0.6 is 7.82 Å². The van der Waals surface area contributed by atoms with Crippen molar-refractivity contribution < 1.29 is 32.9 Å². The Morgan fingerprint density at radius 3 is 1.65 bits per heavy atom. The number of carbonyl (C=O) groups excluding carboxylic acids is 1. The van der Waals surface area contributed by atoms with E-state index in [-0.39, 0.29) is 19.1 Å². The number of phosphoric ester groups is 1. The van der Waals surface area contributed by atoms with Gasteiger partial charge in [0.05, 0.1) is 39.9 Å². The predicted octanol–water partition coefficient (Wildman–Crippen LogP) is 9.94. The van der Waals surface area contributed by atoms with E-state index in [9.17, 15) is 19.4 Å². The first kappa shape index (κ1) is 48.0. The molecule has 0 radical (unpaired) electrons. The molecule has 0 heterocycles. The number of carbonyl (C=O) groups is 1. The van der Waals surface area contributed by atoms with Gasteiger partial charge in [0.1, 0.15) is 13.2 Å². The Morgan fingerprint density at radius 2 is 1.14 bits per heavy atom. The molecule has 49 heavy (non-hydrogen) atoms. The van der Waals surface area contributed by atoms with Gasteiger partial charge in [-0.3, -0.25) is 9.36 Å². The quantitative estimate of drug-likeness (QED) is 0.0290. The number of unbranched alkanes of at least 4 members (excludes halogenated alkanes) is 21. The van der Waals surface area contributed by atoms with Gasteiger partial charge in [-0.15, -0.1) is 0 Å². The summed E-state index contributed by atoms with van der Waals surface area (Å²) in [6.45, 7) is 4.60. The SMILES string of the molecule is CCCCCCCCCCC/C=C/CC/C=C/C(O)C(COP(=O)([O-])OCC[N+](C)(C)C)NC(=O)CCCCCCCCCCCCCC. The van der Waals surface area contributed by atoms with Crippen molar-refractivity contribution in [3.63, 3.8) is 0 Å². The van der Waals surface area contributed by atoms with Gasteiger partial charge in [-0.1, -0.05) is 160 Å². The van der Waals surface area contributed by atoms with Crippen LogP contribution in [0.15, 0.2) is 24.3 Å². The van der Waals surface area contributed by atoms with E-state index in [0.29, 0.717) is 17.4 Å². The largest absolute Gasteiger partial charge is 0.756 e. The van der Waals surface area contributed by atoms with Crippen LogP contribution in [0.4, 0.5) is 0 Å². The van der Waals surface area contributed by atoms with Crippen LogP contribution in [0.25, 0.3) is 0 Å². The molecule has 3 unspecified atom stereocenters. The molecule has 9 heteroatoms. The Morgan fingerprint density at radius 1 is 0.694 bits per heavy atom. The van der Waals surface area contributed by atoms with E-state index in [1.165, 1.54) is 116 Å². The van der Waals surface area contributed by atoms with Crippen molar-refractivity contribution in [2.24, 2.45) is 0 Å². The van der Waals surface area contributed by atoms with Crippen molar-refractivity contribution in [1.82, 2.24) is 5.32 Å². The number of phosphoric acid groups is 1. The second-order valence-corrected chi connectivity index (χ2v) is 16.4. The third-order valence-corrected chi connectivity index (χ3v) is 9.88. The first-order valence-corrected chi connectivity index (χ1v) is 21.7. The number of nitrogens with one attached hydrogen (secondary N) is 1. The molecule has 0 aromatic rings. The van der Waals surface area contributed by atoms with E-state index in [2.05, 4.69) is 31.3 Å². The first-order chi connectivity index (χ1) is 23.5. The molecule has 0 fully saturated rings. The first-order valence-electron chi connectivity index (χ1n) is 20.2. The summed E-state index contributed by atoms with van der Waals surface area (Å²) in [5.41, 5.74) is 0. The average molecular weight is 715 g/mol. The molecule has 0 aliphatic rings. The zero-order valence-electron chi connectivity index (χ0n) is 32.6. The van der Waals surface area contributed by atoms with Gasteiger partial charge in [0.2, 0.25) is 5.91 Å². The van der Waals surface area contributed by atoms with E-state index in [1.807, 2.05) is 27.2 Å². The van der Waals surface area contributed by atoms with E-state index in [1.54, 1.807) is 6.08 Å². The number of quaternary nitrogens is 1. The molecule has 0 bridgehead atoms. The highest BCUT2D eigenvalue weighted by Gasteiger charge is 2.23. The fourth-order valence-corrected chi connectivity index (χ4v) is 6.36. The van der Waals surface area contributed by atoms with Crippen LogP contribution in [0.3, 0.4) is 0 Å². The molecule has 0 aromatic carbocycles. The van der Waals surface area contributed by atoms with Crippen LogP contribution in [0.1, 0.15) is 174 Å². The van der Waals surface area contributed by atoms with Crippen molar-refractivity contribution in [3.8, 4) is 0 Å². The normalized spacial score (nSPS) is 14.8. The lowest BCUT2D eigenvalue weighted by Gasteiger charge is -2.29. The molecular weight excluding hydrogens is 635 g/mol. The van der Waals surface area contributed by atoms with Gasteiger partial charge in [0.25, 0.3) is 7.82 Å². The molecule has 0 saturated heterocycles. The number of rotatable bonds is 36. The summed E-state index contributed by atoms with van der Waals surface area (Å²) >= 11 is 0. The second kappa shape index (κ2) is 32.9. The smallest absolute Gasteiger partial charge is 0.268 e. The Bertz CT molecular complexity index is 860. The van der Waals surface area contributed by atoms with Crippen LogP contribution in [0.5, 0.6) is 0 Å². The summed E-state index contributed by atoms with van der Waals surface area (Å²) in [7, 11) is 1.25. The van der Waals surface area contributed by atoms with Crippen LogP contribution in [-0.4, -0.2) is 68.5 Å². The molecule has 0 rings (SSSR count). The minimum atomic E-state index is -4.58. The van der Waals surface area contributed by atoms with Gasteiger partial charge in [-0.2, -0.15) is 0 Å². The third-order valence-electron chi connectivity index (χ3n) is 8.91. The molecule has 1 amide bonds. The number of amides is 1. The minimum Gasteiger partial charge on any atom is -0.756 e. The highest BCUT2D eigenvalue weighted by atomic mass is 31.2. The predicted molar refractivity (Wildman–Crippen MR) is 205 cm³/mol. The maximum absolute atomic E-state index is 12.8. The highest BCUT2D eigenvalue weighted by molar-refractivity contribution is 7.45. The summed E-state index contributed by atoms with van der Waals surface area (Å²) in [6.07, 6.45) is 36.5. The monoisotopic (exact) mass is 715 g/mol. The van der Waals surface area contributed by atoms with E-state index >= 15 is 0 Å². The fraction of sp³-hybridized carbons (Fsp3) is 0.875. The van der Waals surface area contributed by atoms with Gasteiger partial charge < -0.3 is 28.8 Å². The molecule has 0 aromatic heterocycles. The Balaban J connectivity index is 4.55. The second-order valence-electron chi connectivity index (χ2n) is 15.0. The van der Waals surface area contributed by atoms with E-state index in [0.717, 1.165) is 38.5 Å². The van der Waals surface area contributed by atoms with Crippen molar-refractivity contribution in [2.75, 3.05) is 40.9 Å². The van der Waals surface area contributed by atoms with Gasteiger partial charge in [0, 0.05) is 6.42 Å². The number of hydrogen-bond donors (Lipinski definition) is 2. The Kier molecular flexibility index (Phi) is 32.2. The highest BCUT2D eigenvalue weighted by Crippen LogP contribution is 2.38. The fourth-order valence-electron chi connectivity index (χ4n) is 5.64. The molecule has 0 aliphatic heterocycles. The number of aliphatic hydroxyl groups excluding tert-OH is 1. The van der Waals surface area contributed by atoms with Gasteiger partial charge >= 0.3 is 0 Å². The number of allylic oxidation sites excluding steroid dienone is 3. The Labute approximate surface area is 303 Å². The maximum atomic E-state index is 12.8. The van der Waals surface area contributed by atoms with Crippen molar-refractivity contribution in [1.29, 1.82) is 0 Å². The van der Waals surface area contributed by atoms with Gasteiger partial charge in [-0.05, 0) is 32.1 Å². The molecular formula is C40H79N2O6P. The van der Waals surface area contributed by atoms with Crippen molar-refractivity contribution >= 4 is 13.7 Å². The van der Waals surface area contributed by atoms with Crippen molar-refractivity contribution in [2.45, 2.75) is 187 Å². The summed E-state index contributed by atoms with van der Waals surface area (Å²) < 4.78 is 23.1. The lowest BCUT2D eigenvalue weighted by Crippen LogP contribution is -2.45. The lowest BCUT2D eigenvalue weighted by atomic mass is 10.0. The molecule has 8 nitrogen and oxygen atoms in total. The average Bonchev–Trinajstić information content (AvgIpc) is 3.04. The molecule has 0 saturated carbocycles. The maximum Gasteiger partial charge on any atom is 0.268 e. The summed E-state index contributed by atoms with van der Waals surface area (Å²) in [5.74, 6) is -0.209. The van der Waals surface area contributed by atoms with E-state index < -0.39 is 20.0 Å². The van der Waals surface area contributed by atoms with Crippen LogP contribution in [0.2, 0.25) is 0 Å². The number of hydrogen-bond acceptors (Lipinski definition) is 6. The number of nitrogens with zero attached hydrogens (tertiary/aromatic N) is 1. The molecule has 290 valence electrons. The third kappa shape index (κ3) is 35.2. The van der Waals surface area contributed by atoms with Gasteiger partial charge in [-0.25, -0.2) is 0 Å². The van der Waals surface area contributed by atoms with Crippen LogP contribution in [-0.2, 0) is 18.4 Å². The van der Waals surface area contributed by atoms with Crippen molar-refractivity contribution in [3.05, 3.63) is 24.3 Å². The minimum absolute atomic E-state index is 0.00460. The van der Waals surface area contributed by atoms with Crippen LogP contribution < -0.4 is 10.2 Å². The van der Waals surface area contributed by atoms with E-state index in [4.69, 9.17) is 9.05 Å². The zero-order valence-corrected chi connectivity index (χ0v) is 33.5. The summed E-state index contributed by atoms with van der Waals surface area (Å²) in [6, 6.07) is -0.896. The van der Waals surface area contributed by atoms with Crippen LogP contribution in [0, 0.1) is 0 Å². The standard InChI is InChI=1S/C40H79N2O6P/c1-6-8-10-12-14-16-18-20-21-22-23-25-27-29-31-33-39(43)38(37-48-49(45,46)47-36-35-42(3,4)5)41-40(44)34-32-30-28-26-24-19-17-15-13-11-9-7-2/h23,25,31,33,38-39,43H,6-22,24,26-30,32,34-37H2,1-5H3,(H-,41,44,45,46)/b25-23+,33-31+. The molecule has 0 aliphatic carbocycles. The lowest BCUT2D eigenvalue weighted by molar-refractivity contribution is -0.870. The number of likely N-dealkylation sites (N-methyl/N-ethyl adjacent to an activating group) is 1. The number of aliphatic hydroxyl groups is 1. The summed E-state index contributed by atoms with van der Waals surface area (Å²) in [4.78, 5) is 25.2.